The molecule has 0 radical (unpaired) electrons. The molecular weight excluding hydrogens is 858 g/mol. The summed E-state index contributed by atoms with van der Waals surface area (Å²) in [6.45, 7) is 8.73. The number of hydrazone groups is 1. The summed E-state index contributed by atoms with van der Waals surface area (Å²) < 4.78 is 26.9. The van der Waals surface area contributed by atoms with Crippen molar-refractivity contribution in [1.82, 2.24) is 14.5 Å². The van der Waals surface area contributed by atoms with Crippen LogP contribution in [0.3, 0.4) is 0 Å². The number of benzene rings is 5. The molecule has 5 nitrogen and oxygen atoms in total. The Balaban J connectivity index is 0.000000182. The van der Waals surface area contributed by atoms with Gasteiger partial charge in [-0.05, 0) is 46.2 Å². The molecule has 0 spiro atoms. The smallest absolute Gasteiger partial charge is 3.00 e. The number of hydrogen-bond acceptors (Lipinski definition) is 4. The van der Waals surface area contributed by atoms with Gasteiger partial charge in [0.25, 0.3) is 0 Å². The monoisotopic (exact) mass is 902 g/mol. The van der Waals surface area contributed by atoms with Crippen LogP contribution in [0.25, 0.3) is 47.5 Å². The van der Waals surface area contributed by atoms with Crippen LogP contribution in [0.2, 0.25) is 0 Å². The molecule has 1 aliphatic heterocycles. The second-order valence-corrected chi connectivity index (χ2v) is 14.8. The Morgan fingerprint density at radius 1 is 0.820 bits per heavy atom. The molecule has 0 N–H and O–H groups in total. The molecule has 5 aromatic carbocycles. The summed E-state index contributed by atoms with van der Waals surface area (Å²) in [7, 11) is 0. The van der Waals surface area contributed by atoms with Gasteiger partial charge in [0.1, 0.15) is 0 Å². The molecule has 0 saturated heterocycles. The molecule has 8 rings (SSSR count). The van der Waals surface area contributed by atoms with Crippen LogP contribution in [0.15, 0.2) is 121 Å². The Bertz CT molecular complexity index is 2300. The molecule has 50 heavy (non-hydrogen) atoms. The molecule has 0 unspecified atom stereocenters. The minimum absolute atomic E-state index is 0. The SMILES string of the molecule is CC(C)c1cc(-c2ccccc2)cc(C(C)C)c1-n1ccnc1-c1[c-]cccc1.[2H]C([2H])([2H])CN1C=NN(c2[c-]ccc3c2[se]c2ccccc23)[CH-]1.[Ir+3]. The third-order valence-electron chi connectivity index (χ3n) is 8.66. The Labute approximate surface area is 319 Å². The Morgan fingerprint density at radius 3 is 2.28 bits per heavy atom. The van der Waals surface area contributed by atoms with E-state index in [1.807, 2.05) is 30.5 Å². The van der Waals surface area contributed by atoms with Gasteiger partial charge in [0, 0.05) is 18.1 Å². The van der Waals surface area contributed by atoms with E-state index in [9.17, 15) is 0 Å². The first-order chi connectivity index (χ1) is 25.1. The molecule has 252 valence electrons. The number of nitrogens with zero attached hydrogens (tertiary/aromatic N) is 5. The standard InChI is InChI=1S/C27H27N2.C16H13N3Se.Ir/c1-19(2)24-17-23(21-11-7-5-8-12-21)18-25(20(3)4)26(24)29-16-15-28-27(29)22-13-9-6-10-14-22;1-2-18-10-17-19(11-18)14-8-5-7-13-12-6-3-4-9-15(12)20-16(13)14;/h5-13,15-20H,1-4H3;3-7,9-11H,2H2,1H3;/q-1;-2;+3/i;1D3;. The van der Waals surface area contributed by atoms with Gasteiger partial charge in [-0.1, -0.05) is 58.0 Å². The maximum absolute atomic E-state index is 7.36. The average Bonchev–Trinajstić information content (AvgIpc) is 3.90. The molecule has 3 heterocycles. The zero-order valence-corrected chi connectivity index (χ0v) is 32.6. The molecule has 0 fully saturated rings. The quantitative estimate of drug-likeness (QED) is 0.118. The van der Waals surface area contributed by atoms with Crippen LogP contribution in [0.5, 0.6) is 0 Å². The van der Waals surface area contributed by atoms with E-state index in [4.69, 9.17) is 4.11 Å². The van der Waals surface area contributed by atoms with Gasteiger partial charge in [-0.25, -0.2) is 0 Å². The number of anilines is 1. The number of rotatable bonds is 7. The summed E-state index contributed by atoms with van der Waals surface area (Å²) in [4.78, 5) is 6.27. The van der Waals surface area contributed by atoms with E-state index < -0.39 is 6.85 Å². The molecule has 0 bridgehead atoms. The van der Waals surface area contributed by atoms with Crippen LogP contribution in [0.4, 0.5) is 5.69 Å². The van der Waals surface area contributed by atoms with E-state index in [1.54, 1.807) is 22.9 Å². The first kappa shape index (κ1) is 31.7. The van der Waals surface area contributed by atoms with Gasteiger partial charge < -0.3 is 4.57 Å². The fourth-order valence-electron chi connectivity index (χ4n) is 6.22. The molecule has 0 saturated carbocycles. The van der Waals surface area contributed by atoms with Crippen LogP contribution in [-0.2, 0) is 20.1 Å². The van der Waals surface area contributed by atoms with Crippen molar-refractivity contribution in [3.05, 3.63) is 145 Å². The van der Waals surface area contributed by atoms with E-state index in [1.165, 1.54) is 47.2 Å². The predicted octanol–water partition coefficient (Wildman–Crippen LogP) is 10.3. The van der Waals surface area contributed by atoms with Crippen molar-refractivity contribution < 1.29 is 24.2 Å². The van der Waals surface area contributed by atoms with Crippen LogP contribution >= 0.6 is 0 Å². The summed E-state index contributed by atoms with van der Waals surface area (Å²) in [5.74, 6) is 1.71. The fraction of sp³-hybridized carbons (Fsp3) is 0.186. The third-order valence-corrected chi connectivity index (χ3v) is 11.2. The summed E-state index contributed by atoms with van der Waals surface area (Å²) in [6, 6.07) is 42.4. The fourth-order valence-corrected chi connectivity index (χ4v) is 8.72. The van der Waals surface area contributed by atoms with E-state index in [2.05, 4.69) is 140 Å². The number of fused-ring (bicyclic) bond motifs is 3. The molecule has 0 amide bonds. The van der Waals surface area contributed by atoms with Crippen molar-refractivity contribution in [2.24, 2.45) is 5.10 Å². The molecule has 0 atom stereocenters. The van der Waals surface area contributed by atoms with Crippen molar-refractivity contribution in [1.29, 1.82) is 0 Å². The van der Waals surface area contributed by atoms with Gasteiger partial charge in [-0.2, -0.15) is 0 Å². The first-order valence-electron chi connectivity index (χ1n) is 18.1. The Kier molecular flexibility index (Phi) is 9.99. The Hall–Kier alpha value is -4.25. The van der Waals surface area contributed by atoms with E-state index in [0.717, 1.165) is 17.1 Å². The van der Waals surface area contributed by atoms with Gasteiger partial charge in [0.15, 0.2) is 0 Å². The number of hydrogen-bond donors (Lipinski definition) is 0. The minimum Gasteiger partial charge on any atom is 3.00 e. The van der Waals surface area contributed by atoms with Gasteiger partial charge in [-0.3, -0.25) is 4.98 Å². The molecule has 7 heteroatoms. The van der Waals surface area contributed by atoms with Gasteiger partial charge in [-0.15, -0.1) is 35.9 Å². The summed E-state index contributed by atoms with van der Waals surface area (Å²) in [6.07, 6.45) is 5.51. The normalized spacial score (nSPS) is 13.7. The van der Waals surface area contributed by atoms with E-state index in [0.29, 0.717) is 11.8 Å². The number of aromatic nitrogens is 2. The zero-order chi connectivity index (χ0) is 36.4. The second-order valence-electron chi connectivity index (χ2n) is 12.6. The minimum atomic E-state index is -2.01. The molecule has 2 aromatic heterocycles. The van der Waals surface area contributed by atoms with Crippen molar-refractivity contribution in [3.63, 3.8) is 0 Å². The van der Waals surface area contributed by atoms with Crippen LogP contribution in [-0.4, -0.2) is 41.8 Å². The maximum atomic E-state index is 7.36. The largest absolute Gasteiger partial charge is 3.00 e. The molecule has 7 aromatic rings. The van der Waals surface area contributed by atoms with E-state index >= 15 is 0 Å². The van der Waals surface area contributed by atoms with Gasteiger partial charge in [0.2, 0.25) is 0 Å². The summed E-state index contributed by atoms with van der Waals surface area (Å²) in [5.41, 5.74) is 8.37. The molecule has 1 aliphatic rings. The van der Waals surface area contributed by atoms with Gasteiger partial charge >= 0.3 is 148 Å². The third kappa shape index (κ3) is 7.15. The maximum Gasteiger partial charge on any atom is 3.00 e. The van der Waals surface area contributed by atoms with Crippen molar-refractivity contribution in [3.8, 4) is 28.2 Å². The summed E-state index contributed by atoms with van der Waals surface area (Å²) >= 11 is 0.208. The molecular formula is C43H40IrN5Se. The zero-order valence-electron chi connectivity index (χ0n) is 31.5. The Morgan fingerprint density at radius 2 is 1.56 bits per heavy atom. The predicted molar refractivity (Wildman–Crippen MR) is 206 cm³/mol. The number of imidazole rings is 1. The van der Waals surface area contributed by atoms with E-state index in [-0.39, 0.29) is 41.2 Å². The second kappa shape index (κ2) is 15.7. The van der Waals surface area contributed by atoms with Crippen molar-refractivity contribution in [2.45, 2.75) is 46.4 Å². The van der Waals surface area contributed by atoms with Crippen LogP contribution < -0.4 is 5.01 Å². The van der Waals surface area contributed by atoms with Gasteiger partial charge in [0.05, 0.1) is 5.82 Å². The van der Waals surface area contributed by atoms with Crippen molar-refractivity contribution in [2.75, 3.05) is 11.6 Å². The molecule has 0 aliphatic carbocycles. The first-order valence-corrected chi connectivity index (χ1v) is 18.3. The van der Waals surface area contributed by atoms with Crippen LogP contribution in [0, 0.1) is 18.8 Å². The topological polar surface area (TPSA) is 36.7 Å². The summed E-state index contributed by atoms with van der Waals surface area (Å²) in [5, 5.41) is 8.55. The van der Waals surface area contributed by atoms with Crippen molar-refractivity contribution >= 4 is 45.8 Å². The average molecular weight is 901 g/mol. The van der Waals surface area contributed by atoms with Crippen LogP contribution in [0.1, 0.15) is 61.6 Å².